The Morgan fingerprint density at radius 1 is 1.16 bits per heavy atom. The summed E-state index contributed by atoms with van der Waals surface area (Å²) < 4.78 is 7.06. The Kier molecular flexibility index (Phi) is 5.53. The molecule has 0 spiro atoms. The van der Waals surface area contributed by atoms with E-state index in [1.54, 1.807) is 6.92 Å². The Bertz CT molecular complexity index is 848. The van der Waals surface area contributed by atoms with Crippen LogP contribution in [0, 0.1) is 0 Å². The van der Waals surface area contributed by atoms with Crippen LogP contribution in [0.25, 0.3) is 22.0 Å². The van der Waals surface area contributed by atoms with Crippen LogP contribution in [-0.4, -0.2) is 27.3 Å². The summed E-state index contributed by atoms with van der Waals surface area (Å²) in [5, 5.41) is 5.46. The van der Waals surface area contributed by atoms with Gasteiger partial charge in [0.2, 0.25) is 0 Å². The number of aryl methyl sites for hydroxylation is 1. The number of rotatable bonds is 8. The molecule has 0 amide bonds. The molecule has 5 nitrogen and oxygen atoms in total. The third-order valence-electron chi connectivity index (χ3n) is 4.32. The van der Waals surface area contributed by atoms with Crippen molar-refractivity contribution >= 4 is 16.9 Å². The number of carbonyl (C=O) groups is 1. The smallest absolute Gasteiger partial charge is 0.354 e. The second-order valence-corrected chi connectivity index (χ2v) is 6.26. The van der Waals surface area contributed by atoms with Gasteiger partial charge in [0.05, 0.1) is 12.8 Å². The van der Waals surface area contributed by atoms with Gasteiger partial charge in [-0.15, -0.1) is 0 Å². The molecule has 3 rings (SSSR count). The van der Waals surface area contributed by atoms with Crippen LogP contribution >= 0.6 is 0 Å². The number of esters is 1. The lowest BCUT2D eigenvalue weighted by molar-refractivity contribution is 0.0520. The molecule has 0 aliphatic heterocycles. The van der Waals surface area contributed by atoms with E-state index in [0.29, 0.717) is 12.3 Å². The molecule has 1 aromatic carbocycles. The van der Waals surface area contributed by atoms with E-state index in [1.165, 1.54) is 19.3 Å². The molecule has 3 aromatic rings. The number of ether oxygens (including phenoxy) is 1. The van der Waals surface area contributed by atoms with Gasteiger partial charge in [0, 0.05) is 29.2 Å². The van der Waals surface area contributed by atoms with Crippen LogP contribution < -0.4 is 0 Å². The average molecular weight is 339 g/mol. The van der Waals surface area contributed by atoms with Gasteiger partial charge < -0.3 is 9.72 Å². The van der Waals surface area contributed by atoms with Crippen LogP contribution in [0.2, 0.25) is 0 Å². The van der Waals surface area contributed by atoms with Crippen molar-refractivity contribution in [2.75, 3.05) is 6.61 Å². The lowest BCUT2D eigenvalue weighted by atomic mass is 10.1. The zero-order valence-electron chi connectivity index (χ0n) is 14.9. The number of unbranched alkanes of at least 4 members (excludes halogenated alkanes) is 3. The summed E-state index contributed by atoms with van der Waals surface area (Å²) in [6.45, 7) is 5.35. The fourth-order valence-corrected chi connectivity index (χ4v) is 2.97. The van der Waals surface area contributed by atoms with E-state index < -0.39 is 0 Å². The molecule has 0 saturated heterocycles. The van der Waals surface area contributed by atoms with E-state index in [9.17, 15) is 4.79 Å². The molecule has 0 aliphatic carbocycles. The number of nitrogens with zero attached hydrogens (tertiary/aromatic N) is 2. The van der Waals surface area contributed by atoms with Gasteiger partial charge in [-0.2, -0.15) is 5.10 Å². The van der Waals surface area contributed by atoms with Crippen molar-refractivity contribution in [1.82, 2.24) is 14.8 Å². The largest absolute Gasteiger partial charge is 0.461 e. The summed E-state index contributed by atoms with van der Waals surface area (Å²) in [5.74, 6) is -0.319. The Morgan fingerprint density at radius 3 is 2.84 bits per heavy atom. The predicted octanol–water partition coefficient (Wildman–Crippen LogP) is 4.79. The number of aromatic amines is 1. The molecule has 0 aliphatic rings. The molecule has 25 heavy (non-hydrogen) atoms. The zero-order valence-corrected chi connectivity index (χ0v) is 14.9. The quantitative estimate of drug-likeness (QED) is 0.474. The van der Waals surface area contributed by atoms with Crippen LogP contribution in [0.1, 0.15) is 50.0 Å². The van der Waals surface area contributed by atoms with Crippen molar-refractivity contribution in [1.29, 1.82) is 0 Å². The number of aromatic nitrogens is 3. The molecule has 2 aromatic heterocycles. The first-order chi connectivity index (χ1) is 12.2. The highest BCUT2D eigenvalue weighted by molar-refractivity contribution is 5.96. The first-order valence-electron chi connectivity index (χ1n) is 9.04. The number of fused-ring (bicyclic) bond motifs is 1. The van der Waals surface area contributed by atoms with Crippen LogP contribution in [-0.2, 0) is 11.3 Å². The maximum absolute atomic E-state index is 11.9. The highest BCUT2D eigenvalue weighted by Crippen LogP contribution is 2.25. The van der Waals surface area contributed by atoms with Gasteiger partial charge in [0.25, 0.3) is 0 Å². The monoisotopic (exact) mass is 339 g/mol. The molecule has 0 atom stereocenters. The maximum Gasteiger partial charge on any atom is 0.354 e. The molecule has 0 saturated carbocycles. The average Bonchev–Trinajstić information content (AvgIpc) is 3.25. The molecule has 5 heteroatoms. The van der Waals surface area contributed by atoms with Crippen LogP contribution in [0.3, 0.4) is 0 Å². The van der Waals surface area contributed by atoms with Gasteiger partial charge in [0.1, 0.15) is 5.69 Å². The summed E-state index contributed by atoms with van der Waals surface area (Å²) in [6, 6.07) is 7.96. The molecule has 2 heterocycles. The maximum atomic E-state index is 11.9. The summed E-state index contributed by atoms with van der Waals surface area (Å²) in [4.78, 5) is 15.0. The Hall–Kier alpha value is -2.56. The standard InChI is InChI=1S/C20H25N3O2/c1-3-5-6-7-10-23-14-17(13-21-23)15-8-9-18-16(11-15)12-19(22-18)20(24)25-4-2/h8-9,11-14,22H,3-7,10H2,1-2H3. The van der Waals surface area contributed by atoms with Crippen molar-refractivity contribution in [3.05, 3.63) is 42.4 Å². The third kappa shape index (κ3) is 4.10. The van der Waals surface area contributed by atoms with E-state index in [1.807, 2.05) is 29.1 Å². The number of hydrogen-bond donors (Lipinski definition) is 1. The summed E-state index contributed by atoms with van der Waals surface area (Å²) in [6.07, 6.45) is 8.92. The van der Waals surface area contributed by atoms with Gasteiger partial charge in [-0.25, -0.2) is 4.79 Å². The van der Waals surface area contributed by atoms with Crippen molar-refractivity contribution in [3.8, 4) is 11.1 Å². The molecule has 0 unspecified atom stereocenters. The van der Waals surface area contributed by atoms with E-state index in [0.717, 1.165) is 35.0 Å². The first kappa shape index (κ1) is 17.3. The summed E-state index contributed by atoms with van der Waals surface area (Å²) >= 11 is 0. The highest BCUT2D eigenvalue weighted by Gasteiger charge is 2.11. The number of benzene rings is 1. The SMILES string of the molecule is CCCCCCn1cc(-c2ccc3[nH]c(C(=O)OCC)cc3c2)cn1. The van der Waals surface area contributed by atoms with Crippen molar-refractivity contribution in [3.63, 3.8) is 0 Å². The molecule has 0 radical (unpaired) electrons. The number of H-pyrrole nitrogens is 1. The Labute approximate surface area is 148 Å². The molecular weight excluding hydrogens is 314 g/mol. The van der Waals surface area contributed by atoms with Gasteiger partial charge in [0.15, 0.2) is 0 Å². The zero-order chi connectivity index (χ0) is 17.6. The van der Waals surface area contributed by atoms with Crippen molar-refractivity contribution < 1.29 is 9.53 Å². The lowest BCUT2D eigenvalue weighted by Gasteiger charge is -2.00. The summed E-state index contributed by atoms with van der Waals surface area (Å²) in [7, 11) is 0. The minimum absolute atomic E-state index is 0.319. The third-order valence-corrected chi connectivity index (χ3v) is 4.32. The highest BCUT2D eigenvalue weighted by atomic mass is 16.5. The van der Waals surface area contributed by atoms with Gasteiger partial charge in [-0.05, 0) is 37.1 Å². The normalized spacial score (nSPS) is 11.1. The summed E-state index contributed by atoms with van der Waals surface area (Å²) in [5.41, 5.74) is 3.61. The predicted molar refractivity (Wildman–Crippen MR) is 99.6 cm³/mol. The van der Waals surface area contributed by atoms with Gasteiger partial charge in [-0.3, -0.25) is 4.68 Å². The first-order valence-corrected chi connectivity index (χ1v) is 9.04. The van der Waals surface area contributed by atoms with Gasteiger partial charge >= 0.3 is 5.97 Å². The van der Waals surface area contributed by atoms with Crippen LogP contribution in [0.15, 0.2) is 36.7 Å². The van der Waals surface area contributed by atoms with Crippen molar-refractivity contribution in [2.24, 2.45) is 0 Å². The number of nitrogens with one attached hydrogen (secondary N) is 1. The Morgan fingerprint density at radius 2 is 2.04 bits per heavy atom. The second-order valence-electron chi connectivity index (χ2n) is 6.26. The van der Waals surface area contributed by atoms with Crippen molar-refractivity contribution in [2.45, 2.75) is 46.1 Å². The molecule has 1 N–H and O–H groups in total. The molecular formula is C20H25N3O2. The lowest BCUT2D eigenvalue weighted by Crippen LogP contribution is -2.04. The van der Waals surface area contributed by atoms with E-state index in [2.05, 4.69) is 29.3 Å². The van der Waals surface area contributed by atoms with E-state index in [4.69, 9.17) is 4.74 Å². The van der Waals surface area contributed by atoms with E-state index in [-0.39, 0.29) is 5.97 Å². The Balaban J connectivity index is 1.75. The fourth-order valence-electron chi connectivity index (χ4n) is 2.97. The number of carbonyl (C=O) groups excluding carboxylic acids is 1. The van der Waals surface area contributed by atoms with Crippen LogP contribution in [0.5, 0.6) is 0 Å². The molecule has 0 fully saturated rings. The fraction of sp³-hybridized carbons (Fsp3) is 0.400. The minimum Gasteiger partial charge on any atom is -0.461 e. The minimum atomic E-state index is -0.319. The van der Waals surface area contributed by atoms with Crippen LogP contribution in [0.4, 0.5) is 0 Å². The number of hydrogen-bond acceptors (Lipinski definition) is 3. The molecule has 0 bridgehead atoms. The second kappa shape index (κ2) is 8.01. The van der Waals surface area contributed by atoms with E-state index >= 15 is 0 Å². The molecule has 132 valence electrons. The topological polar surface area (TPSA) is 59.9 Å². The van der Waals surface area contributed by atoms with Gasteiger partial charge in [-0.1, -0.05) is 32.3 Å².